The first-order chi connectivity index (χ1) is 8.58. The van der Waals surface area contributed by atoms with Crippen molar-refractivity contribution in [3.63, 3.8) is 0 Å². The number of carboxylic acids is 1. The Bertz CT molecular complexity index is 470. The zero-order valence-corrected chi connectivity index (χ0v) is 10.3. The second-order valence-corrected chi connectivity index (χ2v) is 4.87. The van der Waals surface area contributed by atoms with E-state index >= 15 is 0 Å². The molecular weight excluding hydrogens is 230 g/mol. The topological polar surface area (TPSA) is 66.4 Å². The number of rotatable bonds is 5. The molecule has 1 saturated carbocycles. The number of aromatic carboxylic acids is 1. The zero-order chi connectivity index (χ0) is 13.1. The lowest BCUT2D eigenvalue weighted by Gasteiger charge is -2.05. The Morgan fingerprint density at radius 3 is 2.78 bits per heavy atom. The fourth-order valence-corrected chi connectivity index (χ4v) is 2.01. The van der Waals surface area contributed by atoms with Gasteiger partial charge >= 0.3 is 5.97 Å². The predicted octanol–water partition coefficient (Wildman–Crippen LogP) is 1.70. The van der Waals surface area contributed by atoms with Gasteiger partial charge in [-0.2, -0.15) is 0 Å². The third kappa shape index (κ3) is 3.09. The van der Waals surface area contributed by atoms with Crippen LogP contribution in [0.2, 0.25) is 0 Å². The van der Waals surface area contributed by atoms with Crippen LogP contribution in [0.15, 0.2) is 24.3 Å². The van der Waals surface area contributed by atoms with E-state index in [1.165, 1.54) is 0 Å². The molecule has 2 atom stereocenters. The smallest absolute Gasteiger partial charge is 0.335 e. The maximum Gasteiger partial charge on any atom is 0.335 e. The van der Waals surface area contributed by atoms with E-state index in [2.05, 4.69) is 12.2 Å². The molecule has 0 unspecified atom stereocenters. The van der Waals surface area contributed by atoms with E-state index in [1.54, 1.807) is 18.2 Å². The molecule has 0 aromatic heterocycles. The summed E-state index contributed by atoms with van der Waals surface area (Å²) in [4.78, 5) is 22.4. The lowest BCUT2D eigenvalue weighted by Crippen LogP contribution is -2.27. The fourth-order valence-electron chi connectivity index (χ4n) is 2.01. The monoisotopic (exact) mass is 247 g/mol. The van der Waals surface area contributed by atoms with Crippen LogP contribution < -0.4 is 5.32 Å². The third-order valence-electron chi connectivity index (χ3n) is 3.33. The Balaban J connectivity index is 1.81. The molecule has 0 heterocycles. The molecule has 1 aromatic rings. The van der Waals surface area contributed by atoms with Gasteiger partial charge in [0.05, 0.1) is 5.56 Å². The van der Waals surface area contributed by atoms with Crippen LogP contribution in [0.1, 0.15) is 29.3 Å². The van der Waals surface area contributed by atoms with Crippen LogP contribution in [0.4, 0.5) is 0 Å². The van der Waals surface area contributed by atoms with Gasteiger partial charge in [-0.1, -0.05) is 19.1 Å². The molecule has 96 valence electrons. The molecule has 18 heavy (non-hydrogen) atoms. The number of hydrogen-bond donors (Lipinski definition) is 2. The van der Waals surface area contributed by atoms with Crippen molar-refractivity contribution in [2.75, 3.05) is 6.54 Å². The van der Waals surface area contributed by atoms with E-state index in [-0.39, 0.29) is 17.4 Å². The Kier molecular flexibility index (Phi) is 3.65. The summed E-state index contributed by atoms with van der Waals surface area (Å²) < 4.78 is 0. The minimum absolute atomic E-state index is 0.122. The van der Waals surface area contributed by atoms with Crippen molar-refractivity contribution in [3.8, 4) is 0 Å². The summed E-state index contributed by atoms with van der Waals surface area (Å²) in [5, 5.41) is 11.7. The summed E-state index contributed by atoms with van der Waals surface area (Å²) in [6, 6.07) is 6.81. The van der Waals surface area contributed by atoms with Crippen LogP contribution in [-0.2, 0) is 11.2 Å². The number of nitrogens with one attached hydrogen (secondary N) is 1. The Labute approximate surface area is 106 Å². The zero-order valence-electron chi connectivity index (χ0n) is 10.3. The van der Waals surface area contributed by atoms with Crippen molar-refractivity contribution in [1.82, 2.24) is 5.32 Å². The molecular formula is C14H17NO3. The summed E-state index contributed by atoms with van der Waals surface area (Å²) in [5.74, 6) is -0.0970. The first-order valence-electron chi connectivity index (χ1n) is 6.18. The van der Waals surface area contributed by atoms with Gasteiger partial charge < -0.3 is 10.4 Å². The van der Waals surface area contributed by atoms with E-state index in [9.17, 15) is 9.59 Å². The molecule has 0 radical (unpaired) electrons. The first-order valence-corrected chi connectivity index (χ1v) is 6.18. The second kappa shape index (κ2) is 5.21. The molecule has 0 aliphatic heterocycles. The molecule has 0 spiro atoms. The van der Waals surface area contributed by atoms with Gasteiger partial charge in [-0.3, -0.25) is 4.79 Å². The van der Waals surface area contributed by atoms with Gasteiger partial charge in [0.15, 0.2) is 0 Å². The van der Waals surface area contributed by atoms with Gasteiger partial charge in [-0.25, -0.2) is 4.79 Å². The SMILES string of the molecule is C[C@@H]1C[C@H]1C(=O)NCCc1cccc(C(=O)O)c1. The summed E-state index contributed by atoms with van der Waals surface area (Å²) in [6.45, 7) is 2.63. The second-order valence-electron chi connectivity index (χ2n) is 4.87. The summed E-state index contributed by atoms with van der Waals surface area (Å²) in [5.41, 5.74) is 1.22. The normalized spacial score (nSPS) is 21.4. The molecule has 0 bridgehead atoms. The molecule has 1 fully saturated rings. The van der Waals surface area contributed by atoms with Gasteiger partial charge in [-0.15, -0.1) is 0 Å². The molecule has 0 saturated heterocycles. The highest BCUT2D eigenvalue weighted by Gasteiger charge is 2.38. The molecule has 2 rings (SSSR count). The van der Waals surface area contributed by atoms with Gasteiger partial charge in [0.2, 0.25) is 5.91 Å². The predicted molar refractivity (Wildman–Crippen MR) is 67.4 cm³/mol. The minimum atomic E-state index is -0.923. The largest absolute Gasteiger partial charge is 0.478 e. The van der Waals surface area contributed by atoms with Crippen molar-refractivity contribution in [3.05, 3.63) is 35.4 Å². The number of carbonyl (C=O) groups excluding carboxylic acids is 1. The summed E-state index contributed by atoms with van der Waals surface area (Å²) >= 11 is 0. The Morgan fingerprint density at radius 1 is 1.44 bits per heavy atom. The average molecular weight is 247 g/mol. The Morgan fingerprint density at radius 2 is 2.17 bits per heavy atom. The van der Waals surface area contributed by atoms with Crippen LogP contribution in [0.25, 0.3) is 0 Å². The third-order valence-corrected chi connectivity index (χ3v) is 3.33. The average Bonchev–Trinajstić information content (AvgIpc) is 3.07. The van der Waals surface area contributed by atoms with E-state index in [4.69, 9.17) is 5.11 Å². The van der Waals surface area contributed by atoms with E-state index < -0.39 is 5.97 Å². The molecule has 4 heteroatoms. The number of amides is 1. The number of hydrogen-bond acceptors (Lipinski definition) is 2. The number of carboxylic acid groups (broad SMARTS) is 1. The van der Waals surface area contributed by atoms with Crippen LogP contribution in [0.5, 0.6) is 0 Å². The van der Waals surface area contributed by atoms with Crippen LogP contribution in [0, 0.1) is 11.8 Å². The maximum atomic E-state index is 11.6. The van der Waals surface area contributed by atoms with Gasteiger partial charge in [0, 0.05) is 12.5 Å². The highest BCUT2D eigenvalue weighted by Crippen LogP contribution is 2.37. The minimum Gasteiger partial charge on any atom is -0.478 e. The molecule has 1 aromatic carbocycles. The van der Waals surface area contributed by atoms with Crippen LogP contribution >= 0.6 is 0 Å². The van der Waals surface area contributed by atoms with Crippen molar-refractivity contribution in [2.24, 2.45) is 11.8 Å². The van der Waals surface area contributed by atoms with Crippen molar-refractivity contribution >= 4 is 11.9 Å². The Hall–Kier alpha value is -1.84. The van der Waals surface area contributed by atoms with Gasteiger partial charge in [0.25, 0.3) is 0 Å². The van der Waals surface area contributed by atoms with Crippen molar-refractivity contribution in [2.45, 2.75) is 19.8 Å². The van der Waals surface area contributed by atoms with Crippen molar-refractivity contribution in [1.29, 1.82) is 0 Å². The number of benzene rings is 1. The quantitative estimate of drug-likeness (QED) is 0.832. The van der Waals surface area contributed by atoms with Gasteiger partial charge in [0.1, 0.15) is 0 Å². The lowest BCUT2D eigenvalue weighted by molar-refractivity contribution is -0.122. The number of carbonyl (C=O) groups is 2. The summed E-state index contributed by atoms with van der Waals surface area (Å²) in [6.07, 6.45) is 1.65. The molecule has 2 N–H and O–H groups in total. The highest BCUT2D eigenvalue weighted by atomic mass is 16.4. The standard InChI is InChI=1S/C14H17NO3/c1-9-7-12(9)13(16)15-6-5-10-3-2-4-11(8-10)14(17)18/h2-4,8-9,12H,5-7H2,1H3,(H,15,16)(H,17,18)/t9-,12-/m1/s1. The molecule has 1 amide bonds. The maximum absolute atomic E-state index is 11.6. The molecule has 1 aliphatic carbocycles. The summed E-state index contributed by atoms with van der Waals surface area (Å²) in [7, 11) is 0. The lowest BCUT2D eigenvalue weighted by atomic mass is 10.1. The highest BCUT2D eigenvalue weighted by molar-refractivity contribution is 5.87. The van der Waals surface area contributed by atoms with Crippen LogP contribution in [-0.4, -0.2) is 23.5 Å². The molecule has 4 nitrogen and oxygen atoms in total. The van der Waals surface area contributed by atoms with E-state index in [0.29, 0.717) is 18.9 Å². The van der Waals surface area contributed by atoms with Crippen LogP contribution in [0.3, 0.4) is 0 Å². The fraction of sp³-hybridized carbons (Fsp3) is 0.429. The van der Waals surface area contributed by atoms with Crippen molar-refractivity contribution < 1.29 is 14.7 Å². The first kappa shape index (κ1) is 12.6. The van der Waals surface area contributed by atoms with E-state index in [0.717, 1.165) is 12.0 Å². The molecule has 1 aliphatic rings. The van der Waals surface area contributed by atoms with E-state index in [1.807, 2.05) is 6.07 Å². The van der Waals surface area contributed by atoms with Gasteiger partial charge in [-0.05, 0) is 36.5 Å².